The first kappa shape index (κ1) is 16.0. The topological polar surface area (TPSA) is 72.2 Å². The van der Waals surface area contributed by atoms with Crippen LogP contribution in [0.25, 0.3) is 0 Å². The minimum absolute atomic E-state index is 0.255. The lowest BCUT2D eigenvalue weighted by molar-refractivity contribution is 0.567. The fourth-order valence-corrected chi connectivity index (χ4v) is 3.50. The van der Waals surface area contributed by atoms with E-state index in [0.29, 0.717) is 5.69 Å². The van der Waals surface area contributed by atoms with Gasteiger partial charge in [0.1, 0.15) is 0 Å². The Kier molecular flexibility index (Phi) is 4.70. The summed E-state index contributed by atoms with van der Waals surface area (Å²) in [7, 11) is -3.56. The molecule has 4 nitrogen and oxygen atoms in total. The van der Waals surface area contributed by atoms with Crippen molar-refractivity contribution in [3.05, 3.63) is 58.1 Å². The van der Waals surface area contributed by atoms with Crippen LogP contribution in [0.4, 0.5) is 5.69 Å². The van der Waals surface area contributed by atoms with E-state index in [-0.39, 0.29) is 10.9 Å². The van der Waals surface area contributed by atoms with Crippen LogP contribution in [0.1, 0.15) is 24.1 Å². The van der Waals surface area contributed by atoms with E-state index < -0.39 is 10.0 Å². The molecule has 0 aromatic heterocycles. The van der Waals surface area contributed by atoms with E-state index in [9.17, 15) is 8.42 Å². The molecular formula is C15H17BrN2O2S. The predicted octanol–water partition coefficient (Wildman–Crippen LogP) is 3.38. The molecule has 2 rings (SSSR count). The predicted molar refractivity (Wildman–Crippen MR) is 88.5 cm³/mol. The maximum absolute atomic E-state index is 12.4. The highest BCUT2D eigenvalue weighted by atomic mass is 79.9. The molecule has 0 bridgehead atoms. The average Bonchev–Trinajstić information content (AvgIpc) is 2.42. The van der Waals surface area contributed by atoms with Gasteiger partial charge in [0, 0.05) is 16.2 Å². The van der Waals surface area contributed by atoms with Gasteiger partial charge in [0.15, 0.2) is 0 Å². The molecule has 0 aliphatic heterocycles. The monoisotopic (exact) mass is 368 g/mol. The van der Waals surface area contributed by atoms with Crippen molar-refractivity contribution in [3.8, 4) is 0 Å². The molecule has 1 unspecified atom stereocenters. The highest BCUT2D eigenvalue weighted by Gasteiger charge is 2.18. The molecule has 0 saturated carbocycles. The molecule has 0 aliphatic carbocycles. The molecular weight excluding hydrogens is 352 g/mol. The first-order chi connectivity index (χ1) is 9.79. The van der Waals surface area contributed by atoms with Crippen LogP contribution in [0.3, 0.4) is 0 Å². The van der Waals surface area contributed by atoms with Gasteiger partial charge in [-0.25, -0.2) is 13.1 Å². The second kappa shape index (κ2) is 6.17. The number of aryl methyl sites for hydroxylation is 1. The van der Waals surface area contributed by atoms with Crippen LogP contribution < -0.4 is 10.5 Å². The highest BCUT2D eigenvalue weighted by Crippen LogP contribution is 2.22. The summed E-state index contributed by atoms with van der Waals surface area (Å²) in [6.07, 6.45) is 0. The van der Waals surface area contributed by atoms with E-state index in [1.807, 2.05) is 19.1 Å². The van der Waals surface area contributed by atoms with Gasteiger partial charge >= 0.3 is 0 Å². The number of hydrogen-bond donors (Lipinski definition) is 2. The molecule has 0 aliphatic rings. The van der Waals surface area contributed by atoms with Crippen LogP contribution in [-0.2, 0) is 10.0 Å². The first-order valence-corrected chi connectivity index (χ1v) is 8.71. The lowest BCUT2D eigenvalue weighted by Gasteiger charge is -2.15. The Balaban J connectivity index is 2.24. The number of nitrogens with two attached hydrogens (primary N) is 1. The minimum atomic E-state index is -3.56. The van der Waals surface area contributed by atoms with Crippen molar-refractivity contribution in [2.45, 2.75) is 24.8 Å². The van der Waals surface area contributed by atoms with Gasteiger partial charge in [0.25, 0.3) is 0 Å². The van der Waals surface area contributed by atoms with Gasteiger partial charge < -0.3 is 5.73 Å². The van der Waals surface area contributed by atoms with Crippen LogP contribution in [0, 0.1) is 6.92 Å². The average molecular weight is 369 g/mol. The SMILES string of the molecule is Cc1cc(S(=O)(=O)NC(C)c2ccc(N)cc2)ccc1Br. The van der Waals surface area contributed by atoms with E-state index in [2.05, 4.69) is 20.7 Å². The second-order valence-corrected chi connectivity index (χ2v) is 7.49. The zero-order valence-corrected chi connectivity index (χ0v) is 14.2. The van der Waals surface area contributed by atoms with E-state index in [1.54, 1.807) is 37.3 Å². The summed E-state index contributed by atoms with van der Waals surface area (Å²) in [5.74, 6) is 0. The van der Waals surface area contributed by atoms with Crippen molar-refractivity contribution in [1.82, 2.24) is 4.72 Å². The van der Waals surface area contributed by atoms with Gasteiger partial charge in [-0.1, -0.05) is 28.1 Å². The van der Waals surface area contributed by atoms with Crippen LogP contribution in [0.5, 0.6) is 0 Å². The molecule has 1 atom stereocenters. The Morgan fingerprint density at radius 2 is 1.76 bits per heavy atom. The molecule has 112 valence electrons. The number of sulfonamides is 1. The number of nitrogens with one attached hydrogen (secondary N) is 1. The quantitative estimate of drug-likeness (QED) is 0.812. The maximum Gasteiger partial charge on any atom is 0.241 e. The van der Waals surface area contributed by atoms with Gasteiger partial charge in [-0.3, -0.25) is 0 Å². The van der Waals surface area contributed by atoms with Crippen molar-refractivity contribution >= 4 is 31.6 Å². The van der Waals surface area contributed by atoms with Gasteiger partial charge in [-0.2, -0.15) is 0 Å². The fraction of sp³-hybridized carbons (Fsp3) is 0.200. The molecule has 3 N–H and O–H groups in total. The van der Waals surface area contributed by atoms with E-state index in [4.69, 9.17) is 5.73 Å². The normalized spacial score (nSPS) is 13.1. The molecule has 0 heterocycles. The van der Waals surface area contributed by atoms with Crippen molar-refractivity contribution in [2.75, 3.05) is 5.73 Å². The molecule has 0 fully saturated rings. The van der Waals surface area contributed by atoms with Gasteiger partial charge in [0.05, 0.1) is 4.90 Å². The van der Waals surface area contributed by atoms with E-state index in [1.165, 1.54) is 0 Å². The molecule has 0 spiro atoms. The van der Waals surface area contributed by atoms with E-state index in [0.717, 1.165) is 15.6 Å². The van der Waals surface area contributed by atoms with Crippen LogP contribution >= 0.6 is 15.9 Å². The molecule has 0 saturated heterocycles. The number of halogens is 1. The smallest absolute Gasteiger partial charge is 0.241 e. The number of hydrogen-bond acceptors (Lipinski definition) is 3. The summed E-state index contributed by atoms with van der Waals surface area (Å²) in [4.78, 5) is 0.255. The van der Waals surface area contributed by atoms with Gasteiger partial charge in [-0.15, -0.1) is 0 Å². The molecule has 6 heteroatoms. The molecule has 2 aromatic carbocycles. The molecule has 0 radical (unpaired) electrons. The standard InChI is InChI=1S/C15H17BrN2O2S/c1-10-9-14(7-8-15(10)16)21(19,20)18-11(2)12-3-5-13(17)6-4-12/h3-9,11,18H,17H2,1-2H3. The molecule has 2 aromatic rings. The maximum atomic E-state index is 12.4. The highest BCUT2D eigenvalue weighted by molar-refractivity contribution is 9.10. The zero-order chi connectivity index (χ0) is 15.6. The first-order valence-electron chi connectivity index (χ1n) is 6.43. The fourth-order valence-electron chi connectivity index (χ4n) is 1.94. The summed E-state index contributed by atoms with van der Waals surface area (Å²) in [6.45, 7) is 3.65. The Morgan fingerprint density at radius 1 is 1.14 bits per heavy atom. The van der Waals surface area contributed by atoms with Gasteiger partial charge in [0.2, 0.25) is 10.0 Å². The Labute approximate surface area is 133 Å². The summed E-state index contributed by atoms with van der Waals surface area (Å²) < 4.78 is 28.3. The largest absolute Gasteiger partial charge is 0.399 e. The molecule has 21 heavy (non-hydrogen) atoms. The van der Waals surface area contributed by atoms with Gasteiger partial charge in [-0.05, 0) is 55.3 Å². The summed E-state index contributed by atoms with van der Waals surface area (Å²) in [5, 5.41) is 0. The molecule has 0 amide bonds. The number of benzene rings is 2. The zero-order valence-electron chi connectivity index (χ0n) is 11.8. The van der Waals surface area contributed by atoms with Crippen LogP contribution in [0.15, 0.2) is 51.8 Å². The number of nitrogen functional groups attached to an aromatic ring is 1. The summed E-state index contributed by atoms with van der Waals surface area (Å²) in [5.41, 5.74) is 8.02. The third-order valence-corrected chi connectivity index (χ3v) is 5.64. The van der Waals surface area contributed by atoms with Crippen LogP contribution in [0.2, 0.25) is 0 Å². The number of anilines is 1. The minimum Gasteiger partial charge on any atom is -0.399 e. The lowest BCUT2D eigenvalue weighted by atomic mass is 10.1. The van der Waals surface area contributed by atoms with Crippen molar-refractivity contribution in [2.24, 2.45) is 0 Å². The summed E-state index contributed by atoms with van der Waals surface area (Å²) >= 11 is 3.36. The Morgan fingerprint density at radius 3 is 2.33 bits per heavy atom. The van der Waals surface area contributed by atoms with Crippen LogP contribution in [-0.4, -0.2) is 8.42 Å². The lowest BCUT2D eigenvalue weighted by Crippen LogP contribution is -2.27. The Bertz CT molecular complexity index is 743. The van der Waals surface area contributed by atoms with Crippen molar-refractivity contribution in [3.63, 3.8) is 0 Å². The third kappa shape index (κ3) is 3.84. The number of rotatable bonds is 4. The van der Waals surface area contributed by atoms with Crippen molar-refractivity contribution in [1.29, 1.82) is 0 Å². The van der Waals surface area contributed by atoms with Crippen molar-refractivity contribution < 1.29 is 8.42 Å². The Hall–Kier alpha value is -1.37. The second-order valence-electron chi connectivity index (χ2n) is 4.92. The summed E-state index contributed by atoms with van der Waals surface area (Å²) in [6, 6.07) is 11.8. The third-order valence-electron chi connectivity index (χ3n) is 3.21. The van der Waals surface area contributed by atoms with E-state index >= 15 is 0 Å².